The van der Waals surface area contributed by atoms with E-state index in [1.165, 1.54) is 10.9 Å². The van der Waals surface area contributed by atoms with Crippen molar-refractivity contribution in [1.82, 2.24) is 9.78 Å². The molecule has 106 valence electrons. The SMILES string of the molecule is CCC(CC)(CNc1nn(C)cc1[N+](=O)[O-])C(=O)O. The molecule has 0 saturated heterocycles. The fraction of sp³-hybridized carbons (Fsp3) is 0.636. The monoisotopic (exact) mass is 270 g/mol. The summed E-state index contributed by atoms with van der Waals surface area (Å²) in [5.74, 6) is -0.816. The van der Waals surface area contributed by atoms with Crippen molar-refractivity contribution in [3.8, 4) is 0 Å². The van der Waals surface area contributed by atoms with E-state index in [0.717, 1.165) is 0 Å². The summed E-state index contributed by atoms with van der Waals surface area (Å²) in [6.45, 7) is 3.67. The van der Waals surface area contributed by atoms with Crippen molar-refractivity contribution in [2.45, 2.75) is 26.7 Å². The Kier molecular flexibility index (Phi) is 4.47. The van der Waals surface area contributed by atoms with Gasteiger partial charge in [0.2, 0.25) is 5.82 Å². The summed E-state index contributed by atoms with van der Waals surface area (Å²) in [5, 5.41) is 26.8. The molecule has 0 aliphatic rings. The Hall–Kier alpha value is -2.12. The van der Waals surface area contributed by atoms with E-state index in [-0.39, 0.29) is 18.1 Å². The van der Waals surface area contributed by atoms with Crippen molar-refractivity contribution < 1.29 is 14.8 Å². The fourth-order valence-electron chi connectivity index (χ4n) is 1.87. The van der Waals surface area contributed by atoms with Gasteiger partial charge in [-0.05, 0) is 12.8 Å². The van der Waals surface area contributed by atoms with E-state index in [1.807, 2.05) is 0 Å². The maximum atomic E-state index is 11.3. The zero-order valence-corrected chi connectivity index (χ0v) is 11.2. The first-order chi connectivity index (χ1) is 8.86. The molecule has 0 radical (unpaired) electrons. The third-order valence-electron chi connectivity index (χ3n) is 3.41. The number of aromatic nitrogens is 2. The van der Waals surface area contributed by atoms with Gasteiger partial charge in [-0.3, -0.25) is 19.6 Å². The summed E-state index contributed by atoms with van der Waals surface area (Å²) in [7, 11) is 1.57. The number of carboxylic acid groups (broad SMARTS) is 1. The van der Waals surface area contributed by atoms with Gasteiger partial charge in [0, 0.05) is 13.6 Å². The normalized spacial score (nSPS) is 11.3. The van der Waals surface area contributed by atoms with E-state index in [9.17, 15) is 20.0 Å². The number of nitrogens with zero attached hydrogens (tertiary/aromatic N) is 3. The van der Waals surface area contributed by atoms with Gasteiger partial charge < -0.3 is 10.4 Å². The predicted molar refractivity (Wildman–Crippen MR) is 69.0 cm³/mol. The molecule has 0 spiro atoms. The number of carboxylic acids is 1. The van der Waals surface area contributed by atoms with Crippen molar-refractivity contribution in [2.24, 2.45) is 12.5 Å². The van der Waals surface area contributed by atoms with Crippen LogP contribution in [0.1, 0.15) is 26.7 Å². The topological polar surface area (TPSA) is 110 Å². The average Bonchev–Trinajstić information content (AvgIpc) is 2.72. The van der Waals surface area contributed by atoms with Gasteiger partial charge in [0.15, 0.2) is 0 Å². The summed E-state index contributed by atoms with van der Waals surface area (Å²) in [6, 6.07) is 0. The number of nitro groups is 1. The van der Waals surface area contributed by atoms with Gasteiger partial charge in [0.25, 0.3) is 0 Å². The average molecular weight is 270 g/mol. The second-order valence-electron chi connectivity index (χ2n) is 4.44. The van der Waals surface area contributed by atoms with Crippen molar-refractivity contribution in [2.75, 3.05) is 11.9 Å². The third kappa shape index (κ3) is 3.01. The summed E-state index contributed by atoms with van der Waals surface area (Å²) < 4.78 is 1.32. The highest BCUT2D eigenvalue weighted by Gasteiger charge is 2.35. The maximum absolute atomic E-state index is 11.3. The molecule has 8 nitrogen and oxygen atoms in total. The van der Waals surface area contributed by atoms with Crippen LogP contribution in [0.25, 0.3) is 0 Å². The van der Waals surface area contributed by atoms with E-state index >= 15 is 0 Å². The van der Waals surface area contributed by atoms with Crippen LogP contribution in [-0.4, -0.2) is 32.3 Å². The molecule has 0 amide bonds. The molecule has 0 saturated carbocycles. The fourth-order valence-corrected chi connectivity index (χ4v) is 1.87. The molecule has 0 unspecified atom stereocenters. The second kappa shape index (κ2) is 5.68. The van der Waals surface area contributed by atoms with Crippen LogP contribution in [0.2, 0.25) is 0 Å². The Bertz CT molecular complexity index is 479. The standard InChI is InChI=1S/C11H18N4O4/c1-4-11(5-2,10(16)17)7-12-9-8(15(18)19)6-14(3)13-9/h6H,4-5,7H2,1-3H3,(H,12,13)(H,16,17). The smallest absolute Gasteiger partial charge is 0.330 e. The van der Waals surface area contributed by atoms with Gasteiger partial charge in [-0.15, -0.1) is 5.10 Å². The van der Waals surface area contributed by atoms with Crippen molar-refractivity contribution in [3.05, 3.63) is 16.3 Å². The first-order valence-corrected chi connectivity index (χ1v) is 6.01. The quantitative estimate of drug-likeness (QED) is 0.575. The number of aryl methyl sites for hydroxylation is 1. The summed E-state index contributed by atoms with van der Waals surface area (Å²) in [4.78, 5) is 21.6. The molecule has 1 aromatic heterocycles. The largest absolute Gasteiger partial charge is 0.481 e. The zero-order valence-electron chi connectivity index (χ0n) is 11.2. The molecular weight excluding hydrogens is 252 g/mol. The van der Waals surface area contributed by atoms with E-state index in [4.69, 9.17) is 0 Å². The van der Waals surface area contributed by atoms with Crippen LogP contribution in [0.15, 0.2) is 6.20 Å². The first kappa shape index (κ1) is 14.9. The Labute approximate surface area is 110 Å². The number of rotatable bonds is 7. The van der Waals surface area contributed by atoms with Crippen molar-refractivity contribution in [3.63, 3.8) is 0 Å². The third-order valence-corrected chi connectivity index (χ3v) is 3.41. The maximum Gasteiger partial charge on any atom is 0.330 e. The second-order valence-corrected chi connectivity index (χ2v) is 4.44. The summed E-state index contributed by atoms with van der Waals surface area (Å²) in [6.07, 6.45) is 2.15. The van der Waals surface area contributed by atoms with Crippen LogP contribution in [0.3, 0.4) is 0 Å². The molecule has 1 aromatic rings. The molecule has 8 heteroatoms. The number of aliphatic carboxylic acids is 1. The molecule has 1 rings (SSSR count). The molecule has 2 N–H and O–H groups in total. The van der Waals surface area contributed by atoms with Gasteiger partial charge in [0.1, 0.15) is 6.20 Å². The van der Waals surface area contributed by atoms with Crippen molar-refractivity contribution >= 4 is 17.5 Å². The van der Waals surface area contributed by atoms with E-state index in [2.05, 4.69) is 10.4 Å². The Balaban J connectivity index is 2.92. The van der Waals surface area contributed by atoms with Crippen LogP contribution in [0.4, 0.5) is 11.5 Å². The van der Waals surface area contributed by atoms with Gasteiger partial charge in [0.05, 0.1) is 10.3 Å². The van der Waals surface area contributed by atoms with E-state index < -0.39 is 16.3 Å². The predicted octanol–water partition coefficient (Wildman–Crippen LogP) is 1.63. The minimum absolute atomic E-state index is 0.0972. The number of hydrogen-bond acceptors (Lipinski definition) is 5. The number of hydrogen-bond donors (Lipinski definition) is 2. The molecule has 19 heavy (non-hydrogen) atoms. The Morgan fingerprint density at radius 2 is 2.16 bits per heavy atom. The van der Waals surface area contributed by atoms with Crippen LogP contribution in [0.5, 0.6) is 0 Å². The number of carbonyl (C=O) groups is 1. The first-order valence-electron chi connectivity index (χ1n) is 6.01. The molecule has 0 aromatic carbocycles. The lowest BCUT2D eigenvalue weighted by Crippen LogP contribution is -2.37. The van der Waals surface area contributed by atoms with E-state index in [0.29, 0.717) is 12.8 Å². The van der Waals surface area contributed by atoms with Crippen LogP contribution >= 0.6 is 0 Å². The zero-order chi connectivity index (χ0) is 14.6. The molecule has 1 heterocycles. The van der Waals surface area contributed by atoms with Crippen LogP contribution < -0.4 is 5.32 Å². The lowest BCUT2D eigenvalue weighted by molar-refractivity contribution is -0.384. The van der Waals surface area contributed by atoms with Gasteiger partial charge >= 0.3 is 11.7 Å². The minimum atomic E-state index is -0.939. The minimum Gasteiger partial charge on any atom is -0.481 e. The van der Waals surface area contributed by atoms with E-state index in [1.54, 1.807) is 20.9 Å². The lowest BCUT2D eigenvalue weighted by atomic mass is 9.82. The molecule has 0 fully saturated rings. The molecule has 0 aliphatic heterocycles. The number of nitrogens with one attached hydrogen (secondary N) is 1. The van der Waals surface area contributed by atoms with Gasteiger partial charge in [-0.1, -0.05) is 13.8 Å². The van der Waals surface area contributed by atoms with Gasteiger partial charge in [-0.2, -0.15) is 0 Å². The Morgan fingerprint density at radius 1 is 1.58 bits per heavy atom. The lowest BCUT2D eigenvalue weighted by Gasteiger charge is -2.26. The molecular formula is C11H18N4O4. The number of anilines is 1. The van der Waals surface area contributed by atoms with Crippen LogP contribution in [-0.2, 0) is 11.8 Å². The summed E-state index contributed by atoms with van der Waals surface area (Å²) >= 11 is 0. The molecule has 0 bridgehead atoms. The Morgan fingerprint density at radius 3 is 2.58 bits per heavy atom. The molecule has 0 aliphatic carbocycles. The summed E-state index contributed by atoms with van der Waals surface area (Å²) in [5.41, 5.74) is -1.10. The van der Waals surface area contributed by atoms with Crippen LogP contribution in [0, 0.1) is 15.5 Å². The highest BCUT2D eigenvalue weighted by molar-refractivity contribution is 5.75. The molecule has 0 atom stereocenters. The highest BCUT2D eigenvalue weighted by atomic mass is 16.6. The highest BCUT2D eigenvalue weighted by Crippen LogP contribution is 2.29. The van der Waals surface area contributed by atoms with Gasteiger partial charge in [-0.25, -0.2) is 0 Å². The van der Waals surface area contributed by atoms with Crippen molar-refractivity contribution in [1.29, 1.82) is 0 Å².